The van der Waals surface area contributed by atoms with Crippen molar-refractivity contribution in [3.63, 3.8) is 0 Å². The van der Waals surface area contributed by atoms with Crippen molar-refractivity contribution in [2.45, 2.75) is 32.6 Å². The van der Waals surface area contributed by atoms with Gasteiger partial charge in [-0.05, 0) is 68.0 Å². The van der Waals surface area contributed by atoms with Crippen molar-refractivity contribution in [3.05, 3.63) is 58.9 Å². The van der Waals surface area contributed by atoms with Gasteiger partial charge < -0.3 is 4.90 Å². The van der Waals surface area contributed by atoms with Crippen molar-refractivity contribution in [1.29, 1.82) is 0 Å². The van der Waals surface area contributed by atoms with E-state index in [0.717, 1.165) is 41.8 Å². The lowest BCUT2D eigenvalue weighted by molar-refractivity contribution is -0.126. The van der Waals surface area contributed by atoms with E-state index in [1.54, 1.807) is 17.7 Å². The molecule has 0 radical (unpaired) electrons. The molecule has 134 valence electrons. The SMILES string of the molecule is Cc1ncccc1N1CC[C@]2(CCc3cc(C(=O)NO)ccc3C2)C1=O. The normalized spacial score (nSPS) is 21.8. The fourth-order valence-corrected chi connectivity index (χ4v) is 4.27. The molecule has 0 saturated carbocycles. The number of hydrogen-bond donors (Lipinski definition) is 2. The van der Waals surface area contributed by atoms with Gasteiger partial charge in [0.2, 0.25) is 5.91 Å². The van der Waals surface area contributed by atoms with Crippen LogP contribution in [0.5, 0.6) is 0 Å². The summed E-state index contributed by atoms with van der Waals surface area (Å²) in [4.78, 5) is 31.1. The van der Waals surface area contributed by atoms with Crippen LogP contribution in [0.3, 0.4) is 0 Å². The number of benzene rings is 1. The predicted octanol–water partition coefficient (Wildman–Crippen LogP) is 2.42. The second kappa shape index (κ2) is 6.21. The Labute approximate surface area is 151 Å². The Hall–Kier alpha value is -2.73. The van der Waals surface area contributed by atoms with E-state index in [1.807, 2.05) is 36.1 Å². The van der Waals surface area contributed by atoms with Gasteiger partial charge in [0, 0.05) is 18.3 Å². The molecular formula is C20H21N3O3. The number of aryl methyl sites for hydroxylation is 2. The molecule has 26 heavy (non-hydrogen) atoms. The van der Waals surface area contributed by atoms with Gasteiger partial charge in [0.25, 0.3) is 5.91 Å². The van der Waals surface area contributed by atoms with Gasteiger partial charge in [0.05, 0.1) is 16.8 Å². The smallest absolute Gasteiger partial charge is 0.274 e. The Morgan fingerprint density at radius 2 is 2.12 bits per heavy atom. The molecule has 0 bridgehead atoms. The van der Waals surface area contributed by atoms with E-state index in [2.05, 4.69) is 4.98 Å². The van der Waals surface area contributed by atoms with Crippen LogP contribution in [0.4, 0.5) is 5.69 Å². The summed E-state index contributed by atoms with van der Waals surface area (Å²) in [6.07, 6.45) is 4.80. The van der Waals surface area contributed by atoms with E-state index in [1.165, 1.54) is 0 Å². The molecule has 1 saturated heterocycles. The molecule has 2 heterocycles. The highest BCUT2D eigenvalue weighted by atomic mass is 16.5. The van der Waals surface area contributed by atoms with Crippen LogP contribution in [0.15, 0.2) is 36.5 Å². The molecule has 1 atom stereocenters. The average molecular weight is 351 g/mol. The molecule has 1 aromatic heterocycles. The van der Waals surface area contributed by atoms with Gasteiger partial charge >= 0.3 is 0 Å². The number of aromatic nitrogens is 1. The Balaban J connectivity index is 1.61. The predicted molar refractivity (Wildman–Crippen MR) is 96.1 cm³/mol. The molecule has 1 aliphatic heterocycles. The van der Waals surface area contributed by atoms with Crippen molar-refractivity contribution in [2.24, 2.45) is 5.41 Å². The molecule has 2 aromatic rings. The molecule has 2 N–H and O–H groups in total. The third-order valence-electron chi connectivity index (χ3n) is 5.75. The molecule has 2 amide bonds. The van der Waals surface area contributed by atoms with Gasteiger partial charge in [-0.25, -0.2) is 5.48 Å². The first kappa shape index (κ1) is 16.7. The summed E-state index contributed by atoms with van der Waals surface area (Å²) in [6, 6.07) is 9.24. The van der Waals surface area contributed by atoms with E-state index in [0.29, 0.717) is 18.5 Å². The molecule has 6 nitrogen and oxygen atoms in total. The minimum Gasteiger partial charge on any atom is -0.310 e. The standard InChI is InChI=1S/C20H21N3O3/c1-13-17(3-2-9-21-13)23-10-8-20(19(23)25)7-6-14-11-15(18(24)22-26)4-5-16(14)12-20/h2-5,9,11,26H,6-8,10,12H2,1H3,(H,22,24)/t20-/m0/s1. The average Bonchev–Trinajstić information content (AvgIpc) is 2.97. The molecule has 1 spiro atoms. The van der Waals surface area contributed by atoms with E-state index in [9.17, 15) is 9.59 Å². The number of hydroxylamine groups is 1. The zero-order valence-corrected chi connectivity index (χ0v) is 14.7. The summed E-state index contributed by atoms with van der Waals surface area (Å²) in [7, 11) is 0. The number of rotatable bonds is 2. The van der Waals surface area contributed by atoms with Gasteiger partial charge in [-0.2, -0.15) is 0 Å². The topological polar surface area (TPSA) is 82.5 Å². The maximum absolute atomic E-state index is 13.3. The number of hydrogen-bond acceptors (Lipinski definition) is 4. The summed E-state index contributed by atoms with van der Waals surface area (Å²) in [6.45, 7) is 2.64. The summed E-state index contributed by atoms with van der Waals surface area (Å²) in [5, 5.41) is 8.80. The minimum atomic E-state index is -0.511. The van der Waals surface area contributed by atoms with Crippen LogP contribution < -0.4 is 10.4 Å². The van der Waals surface area contributed by atoms with E-state index in [-0.39, 0.29) is 11.3 Å². The molecule has 1 aromatic carbocycles. The number of amides is 2. The molecule has 1 fully saturated rings. The maximum atomic E-state index is 13.3. The lowest BCUT2D eigenvalue weighted by Gasteiger charge is -2.33. The first-order chi connectivity index (χ1) is 12.5. The zero-order chi connectivity index (χ0) is 18.3. The largest absolute Gasteiger partial charge is 0.310 e. The van der Waals surface area contributed by atoms with E-state index >= 15 is 0 Å². The van der Waals surface area contributed by atoms with Crippen molar-refractivity contribution < 1.29 is 14.8 Å². The molecule has 4 rings (SSSR count). The lowest BCUT2D eigenvalue weighted by Crippen LogP contribution is -2.39. The zero-order valence-electron chi connectivity index (χ0n) is 14.7. The number of nitrogens with one attached hydrogen (secondary N) is 1. The van der Waals surface area contributed by atoms with E-state index < -0.39 is 5.91 Å². The number of carbonyl (C=O) groups is 2. The highest BCUT2D eigenvalue weighted by Crippen LogP contribution is 2.45. The third-order valence-corrected chi connectivity index (χ3v) is 5.75. The number of fused-ring (bicyclic) bond motifs is 1. The van der Waals surface area contributed by atoms with Gasteiger partial charge in [0.15, 0.2) is 0 Å². The maximum Gasteiger partial charge on any atom is 0.274 e. The van der Waals surface area contributed by atoms with Crippen LogP contribution in [0.2, 0.25) is 0 Å². The number of anilines is 1. The van der Waals surface area contributed by atoms with Crippen molar-refractivity contribution in [1.82, 2.24) is 10.5 Å². The fourth-order valence-electron chi connectivity index (χ4n) is 4.27. The molecule has 1 aliphatic carbocycles. The Bertz CT molecular complexity index is 896. The number of pyridine rings is 1. The Morgan fingerprint density at radius 3 is 2.88 bits per heavy atom. The highest BCUT2D eigenvalue weighted by Gasteiger charge is 2.48. The van der Waals surface area contributed by atoms with Gasteiger partial charge in [0.1, 0.15) is 0 Å². The first-order valence-corrected chi connectivity index (χ1v) is 8.84. The Morgan fingerprint density at radius 1 is 1.27 bits per heavy atom. The summed E-state index contributed by atoms with van der Waals surface area (Å²) in [5.41, 5.74) is 5.71. The quantitative estimate of drug-likeness (QED) is 0.643. The van der Waals surface area contributed by atoms with Crippen molar-refractivity contribution >= 4 is 17.5 Å². The molecular weight excluding hydrogens is 330 g/mol. The molecule has 6 heteroatoms. The summed E-state index contributed by atoms with van der Waals surface area (Å²) < 4.78 is 0. The van der Waals surface area contributed by atoms with Crippen molar-refractivity contribution in [2.75, 3.05) is 11.4 Å². The number of nitrogens with zero attached hydrogens (tertiary/aromatic N) is 2. The second-order valence-electron chi connectivity index (χ2n) is 7.20. The number of carbonyl (C=O) groups excluding carboxylic acids is 2. The molecule has 2 aliphatic rings. The lowest BCUT2D eigenvalue weighted by atomic mass is 9.70. The second-order valence-corrected chi connectivity index (χ2v) is 7.20. The van der Waals surface area contributed by atoms with Crippen LogP contribution in [0, 0.1) is 12.3 Å². The summed E-state index contributed by atoms with van der Waals surface area (Å²) >= 11 is 0. The van der Waals surface area contributed by atoms with Crippen LogP contribution in [-0.4, -0.2) is 28.6 Å². The molecule has 0 unspecified atom stereocenters. The van der Waals surface area contributed by atoms with Crippen LogP contribution in [-0.2, 0) is 17.6 Å². The van der Waals surface area contributed by atoms with Crippen LogP contribution in [0.1, 0.15) is 40.0 Å². The van der Waals surface area contributed by atoms with E-state index in [4.69, 9.17) is 5.21 Å². The van der Waals surface area contributed by atoms with Gasteiger partial charge in [-0.1, -0.05) is 6.07 Å². The van der Waals surface area contributed by atoms with Gasteiger partial charge in [-0.15, -0.1) is 0 Å². The first-order valence-electron chi connectivity index (χ1n) is 8.84. The fraction of sp³-hybridized carbons (Fsp3) is 0.350. The summed E-state index contributed by atoms with van der Waals surface area (Å²) in [5.74, 6) is -0.334. The van der Waals surface area contributed by atoms with Crippen LogP contribution in [0.25, 0.3) is 0 Å². The van der Waals surface area contributed by atoms with Crippen LogP contribution >= 0.6 is 0 Å². The van der Waals surface area contributed by atoms with Gasteiger partial charge in [-0.3, -0.25) is 19.8 Å². The monoisotopic (exact) mass is 351 g/mol. The highest BCUT2D eigenvalue weighted by molar-refractivity contribution is 6.00. The Kier molecular flexibility index (Phi) is 4.00. The minimum absolute atomic E-state index is 0.177. The van der Waals surface area contributed by atoms with Crippen molar-refractivity contribution in [3.8, 4) is 0 Å². The third kappa shape index (κ3) is 2.57.